The Hall–Kier alpha value is -2.87. The van der Waals surface area contributed by atoms with E-state index in [1.165, 1.54) is 0 Å². The highest BCUT2D eigenvalue weighted by Crippen LogP contribution is 2.43. The molecule has 8 nitrogen and oxygen atoms in total. The first kappa shape index (κ1) is 30.6. The van der Waals surface area contributed by atoms with Crippen molar-refractivity contribution in [3.8, 4) is 10.4 Å². The maximum absolute atomic E-state index is 14.4. The van der Waals surface area contributed by atoms with Gasteiger partial charge in [0.1, 0.15) is 17.6 Å². The summed E-state index contributed by atoms with van der Waals surface area (Å²) in [6.07, 6.45) is -2.64. The maximum Gasteiger partial charge on any atom is 0.408 e. The van der Waals surface area contributed by atoms with E-state index in [0.717, 1.165) is 42.9 Å². The fraction of sp³-hybridized carbons (Fsp3) is 0.643. The molecule has 0 bridgehead atoms. The van der Waals surface area contributed by atoms with Gasteiger partial charge in [0.2, 0.25) is 0 Å². The van der Waals surface area contributed by atoms with Crippen LogP contribution in [0.5, 0.6) is 0 Å². The van der Waals surface area contributed by atoms with Crippen LogP contribution in [0, 0.1) is 5.92 Å². The van der Waals surface area contributed by atoms with E-state index in [2.05, 4.69) is 20.6 Å². The Morgan fingerprint density at radius 3 is 2.50 bits per heavy atom. The number of hydrogen-bond donors (Lipinski definition) is 3. The number of rotatable bonds is 9. The highest BCUT2D eigenvalue weighted by Gasteiger charge is 2.49. The Bertz CT molecular complexity index is 1320. The van der Waals surface area contributed by atoms with Gasteiger partial charge in [0, 0.05) is 29.4 Å². The molecule has 2 aromatic rings. The molecule has 3 fully saturated rings. The zero-order chi connectivity index (χ0) is 30.3. The molecule has 3 heterocycles. The molecule has 0 radical (unpaired) electrons. The van der Waals surface area contributed by atoms with E-state index in [4.69, 9.17) is 0 Å². The number of nitrogens with zero attached hydrogens (tertiary/aromatic N) is 3. The monoisotopic (exact) mass is 615 g/mol. The molecule has 3 aliphatic rings. The number of carbonyl (C=O) groups is 2. The van der Waals surface area contributed by atoms with Crippen LogP contribution in [0.3, 0.4) is 0 Å². The average Bonchev–Trinajstić information content (AvgIpc) is 3.35. The predicted molar refractivity (Wildman–Crippen MR) is 147 cm³/mol. The molecule has 1 aliphatic heterocycles. The summed E-state index contributed by atoms with van der Waals surface area (Å²) in [5, 5.41) is 15.0. The fourth-order valence-corrected chi connectivity index (χ4v) is 7.01. The Morgan fingerprint density at radius 1 is 1.17 bits per heavy atom. The summed E-state index contributed by atoms with van der Waals surface area (Å²) in [6.45, 7) is 3.83. The minimum Gasteiger partial charge on any atom is -0.391 e. The molecular formula is C28H34F5N5O3S. The standard InChI is InChI=1S/C28H34F5N5O3S/c1-3-15-10-7-13(2)38(15)27(41)21-22(42-26(37-21)25(40)35-18-5-4-6-19(18)39)17-12-34-20(11-16(17)24(29)30)36-23(14-8-9-14)28(31,32)33/h11-15,18-19,23-24,39H,3-10H2,1-2H3,(H,34,36)(H,35,40)/t13?,15?,18-,19-,23-/m0/s1. The third kappa shape index (κ3) is 6.24. The van der Waals surface area contributed by atoms with Gasteiger partial charge >= 0.3 is 6.18 Å². The summed E-state index contributed by atoms with van der Waals surface area (Å²) >= 11 is 0.747. The number of alkyl halides is 5. The van der Waals surface area contributed by atoms with Gasteiger partial charge < -0.3 is 20.6 Å². The second-order valence-corrected chi connectivity index (χ2v) is 12.4. The van der Waals surface area contributed by atoms with Crippen molar-refractivity contribution in [3.63, 3.8) is 0 Å². The number of aliphatic hydroxyl groups excluding tert-OH is 1. The van der Waals surface area contributed by atoms with E-state index in [0.29, 0.717) is 32.1 Å². The van der Waals surface area contributed by atoms with Crippen molar-refractivity contribution in [1.29, 1.82) is 0 Å². The number of aromatic nitrogens is 2. The molecule has 230 valence electrons. The first-order chi connectivity index (χ1) is 19.9. The molecule has 0 aromatic carbocycles. The van der Waals surface area contributed by atoms with Gasteiger partial charge in [-0.1, -0.05) is 6.92 Å². The van der Waals surface area contributed by atoms with Crippen LogP contribution in [0.2, 0.25) is 0 Å². The summed E-state index contributed by atoms with van der Waals surface area (Å²) in [4.78, 5) is 37.1. The number of anilines is 1. The minimum atomic E-state index is -4.58. The Morgan fingerprint density at radius 2 is 1.90 bits per heavy atom. The van der Waals surface area contributed by atoms with E-state index in [1.54, 1.807) is 4.90 Å². The predicted octanol–water partition coefficient (Wildman–Crippen LogP) is 5.94. The highest BCUT2D eigenvalue weighted by molar-refractivity contribution is 7.17. The minimum absolute atomic E-state index is 0.00464. The second-order valence-electron chi connectivity index (χ2n) is 11.4. The van der Waals surface area contributed by atoms with Crippen LogP contribution >= 0.6 is 11.3 Å². The first-order valence-corrected chi connectivity index (χ1v) is 15.1. The van der Waals surface area contributed by atoms with Crippen molar-refractivity contribution in [2.24, 2.45) is 5.92 Å². The number of nitrogens with one attached hydrogen (secondary N) is 2. The normalized spacial score (nSPS) is 25.2. The van der Waals surface area contributed by atoms with Gasteiger partial charge in [-0.15, -0.1) is 11.3 Å². The smallest absolute Gasteiger partial charge is 0.391 e. The van der Waals surface area contributed by atoms with Crippen LogP contribution in [0.4, 0.5) is 27.8 Å². The van der Waals surface area contributed by atoms with Gasteiger partial charge in [0.25, 0.3) is 18.2 Å². The number of pyridine rings is 1. The van der Waals surface area contributed by atoms with Gasteiger partial charge in [0.05, 0.1) is 17.0 Å². The largest absolute Gasteiger partial charge is 0.408 e. The molecule has 2 aromatic heterocycles. The molecule has 2 saturated carbocycles. The molecule has 5 atom stereocenters. The molecule has 3 N–H and O–H groups in total. The highest BCUT2D eigenvalue weighted by atomic mass is 32.1. The quantitative estimate of drug-likeness (QED) is 0.302. The number of thiazole rings is 1. The lowest BCUT2D eigenvalue weighted by molar-refractivity contribution is -0.146. The van der Waals surface area contributed by atoms with Gasteiger partial charge in [-0.3, -0.25) is 9.59 Å². The van der Waals surface area contributed by atoms with Gasteiger partial charge in [-0.25, -0.2) is 18.7 Å². The van der Waals surface area contributed by atoms with Crippen molar-refractivity contribution < 1.29 is 36.6 Å². The summed E-state index contributed by atoms with van der Waals surface area (Å²) in [5.41, 5.74) is -0.979. The molecule has 5 rings (SSSR count). The number of carbonyl (C=O) groups excluding carboxylic acids is 2. The van der Waals surface area contributed by atoms with E-state index in [1.807, 2.05) is 13.8 Å². The molecule has 2 unspecified atom stereocenters. The molecular weight excluding hydrogens is 581 g/mol. The Labute approximate surface area is 244 Å². The molecule has 42 heavy (non-hydrogen) atoms. The van der Waals surface area contributed by atoms with Crippen LogP contribution < -0.4 is 10.6 Å². The van der Waals surface area contributed by atoms with Crippen LogP contribution in [-0.4, -0.2) is 68.2 Å². The number of likely N-dealkylation sites (tertiary alicyclic amines) is 1. The molecule has 14 heteroatoms. The van der Waals surface area contributed by atoms with Gasteiger partial charge in [-0.05, 0) is 70.3 Å². The number of aliphatic hydroxyl groups is 1. The number of halogens is 5. The fourth-order valence-electron chi connectivity index (χ4n) is 6.02. The number of hydrogen-bond acceptors (Lipinski definition) is 7. The summed E-state index contributed by atoms with van der Waals surface area (Å²) in [7, 11) is 0. The Kier molecular flexibility index (Phi) is 8.75. The van der Waals surface area contributed by atoms with Crippen LogP contribution in [-0.2, 0) is 0 Å². The third-order valence-corrected chi connectivity index (χ3v) is 9.56. The molecule has 2 aliphatic carbocycles. The first-order valence-electron chi connectivity index (χ1n) is 14.3. The Balaban J connectivity index is 1.54. The van der Waals surface area contributed by atoms with Crippen molar-refractivity contribution >= 4 is 29.0 Å². The second kappa shape index (κ2) is 12.0. The topological polar surface area (TPSA) is 107 Å². The molecule has 1 saturated heterocycles. The lowest BCUT2D eigenvalue weighted by Gasteiger charge is -2.27. The maximum atomic E-state index is 14.4. The number of amides is 2. The lowest BCUT2D eigenvalue weighted by atomic mass is 10.1. The summed E-state index contributed by atoms with van der Waals surface area (Å²) < 4.78 is 69.6. The average molecular weight is 616 g/mol. The zero-order valence-corrected chi connectivity index (χ0v) is 24.1. The van der Waals surface area contributed by atoms with E-state index in [-0.39, 0.29) is 39.0 Å². The van der Waals surface area contributed by atoms with E-state index in [9.17, 15) is 36.6 Å². The summed E-state index contributed by atoms with van der Waals surface area (Å²) in [6, 6.07) is -1.76. The van der Waals surface area contributed by atoms with Gasteiger partial charge in [0.15, 0.2) is 5.01 Å². The SMILES string of the molecule is CCC1CCC(C)N1C(=O)c1nc(C(=O)N[C@H]2CCC[C@@H]2O)sc1-c1cnc(N[C@@H](C2CC2)C(F)(F)F)cc1C(F)F. The van der Waals surface area contributed by atoms with Crippen LogP contribution in [0.25, 0.3) is 10.4 Å². The van der Waals surface area contributed by atoms with Crippen LogP contribution in [0.1, 0.15) is 97.5 Å². The molecule has 0 spiro atoms. The lowest BCUT2D eigenvalue weighted by Crippen LogP contribution is -2.40. The zero-order valence-electron chi connectivity index (χ0n) is 23.3. The van der Waals surface area contributed by atoms with Crippen molar-refractivity contribution in [3.05, 3.63) is 28.5 Å². The summed E-state index contributed by atoms with van der Waals surface area (Å²) in [5.74, 6) is -2.16. The van der Waals surface area contributed by atoms with Crippen LogP contribution in [0.15, 0.2) is 12.3 Å². The van der Waals surface area contributed by atoms with E-state index < -0.39 is 54.1 Å². The van der Waals surface area contributed by atoms with Crippen molar-refractivity contribution in [2.45, 2.75) is 108 Å². The van der Waals surface area contributed by atoms with E-state index >= 15 is 0 Å². The van der Waals surface area contributed by atoms with Gasteiger partial charge in [-0.2, -0.15) is 13.2 Å². The van der Waals surface area contributed by atoms with Crippen molar-refractivity contribution in [1.82, 2.24) is 20.2 Å². The van der Waals surface area contributed by atoms with Crippen molar-refractivity contribution in [2.75, 3.05) is 5.32 Å². The third-order valence-electron chi connectivity index (χ3n) is 8.48. The molecule has 2 amide bonds.